The summed E-state index contributed by atoms with van der Waals surface area (Å²) in [6.07, 6.45) is 3.95. The fourth-order valence-electron chi connectivity index (χ4n) is 3.64. The molecule has 1 heterocycles. The van der Waals surface area contributed by atoms with E-state index in [0.717, 1.165) is 49.1 Å². The molecular weight excluding hydrogens is 422 g/mol. The van der Waals surface area contributed by atoms with Crippen LogP contribution in [-0.4, -0.2) is 26.8 Å². The van der Waals surface area contributed by atoms with Crippen molar-refractivity contribution in [3.05, 3.63) is 46.2 Å². The van der Waals surface area contributed by atoms with Gasteiger partial charge in [0.1, 0.15) is 0 Å². The highest BCUT2D eigenvalue weighted by Crippen LogP contribution is 2.30. The molecular formula is C21H27N3O4S2. The van der Waals surface area contributed by atoms with Gasteiger partial charge in [-0.2, -0.15) is 0 Å². The smallest absolute Gasteiger partial charge is 0.258 e. The number of amides is 2. The van der Waals surface area contributed by atoms with Gasteiger partial charge in [-0.3, -0.25) is 9.59 Å². The lowest BCUT2D eigenvalue weighted by Gasteiger charge is -2.27. The molecule has 1 aromatic heterocycles. The number of primary amides is 1. The summed E-state index contributed by atoms with van der Waals surface area (Å²) in [6, 6.07) is 9.16. The van der Waals surface area contributed by atoms with Gasteiger partial charge in [-0.1, -0.05) is 19.1 Å². The molecule has 0 bridgehead atoms. The summed E-state index contributed by atoms with van der Waals surface area (Å²) in [7, 11) is -3.68. The van der Waals surface area contributed by atoms with Gasteiger partial charge in [-0.05, 0) is 61.8 Å². The van der Waals surface area contributed by atoms with Crippen LogP contribution in [0.2, 0.25) is 0 Å². The third-order valence-corrected chi connectivity index (χ3v) is 8.01. The molecule has 30 heavy (non-hydrogen) atoms. The molecule has 0 radical (unpaired) electrons. The number of rotatable bonds is 8. The van der Waals surface area contributed by atoms with E-state index in [-0.39, 0.29) is 27.5 Å². The monoisotopic (exact) mass is 449 g/mol. The summed E-state index contributed by atoms with van der Waals surface area (Å²) in [6.45, 7) is 2.39. The van der Waals surface area contributed by atoms with Crippen molar-refractivity contribution < 1.29 is 18.0 Å². The third kappa shape index (κ3) is 5.68. The lowest BCUT2D eigenvalue weighted by molar-refractivity contribution is -0.121. The van der Waals surface area contributed by atoms with E-state index < -0.39 is 15.9 Å². The van der Waals surface area contributed by atoms with Crippen LogP contribution in [0.1, 0.15) is 47.8 Å². The Labute approximate surface area is 181 Å². The molecule has 0 unspecified atom stereocenters. The standard InChI is InChI=1S/C21H27N3O4S2/c1-2-14-4-3-5-17(10-14)24-21(26)16-8-6-15(7-9-16)12-23-30(27,28)18-11-19(20(22)25)29-13-18/h3-5,10-11,13,15-16,23H,2,6-9,12H2,1H3,(H2,22,25)(H,24,26). The third-order valence-electron chi connectivity index (χ3n) is 5.51. The highest BCUT2D eigenvalue weighted by Gasteiger charge is 2.27. The van der Waals surface area contributed by atoms with Gasteiger partial charge in [-0.15, -0.1) is 11.3 Å². The van der Waals surface area contributed by atoms with Crippen molar-refractivity contribution in [2.45, 2.75) is 43.9 Å². The SMILES string of the molecule is CCc1cccc(NC(=O)C2CCC(CNS(=O)(=O)c3csc(C(N)=O)c3)CC2)c1. The Morgan fingerprint density at radius 2 is 1.90 bits per heavy atom. The number of anilines is 1. The molecule has 0 spiro atoms. The van der Waals surface area contributed by atoms with Gasteiger partial charge in [0.05, 0.1) is 9.77 Å². The quantitative estimate of drug-likeness (QED) is 0.574. The maximum atomic E-state index is 12.6. The van der Waals surface area contributed by atoms with Crippen molar-refractivity contribution in [3.8, 4) is 0 Å². The van der Waals surface area contributed by atoms with Crippen molar-refractivity contribution in [2.75, 3.05) is 11.9 Å². The predicted molar refractivity (Wildman–Crippen MR) is 118 cm³/mol. The summed E-state index contributed by atoms with van der Waals surface area (Å²) in [5, 5.41) is 4.42. The van der Waals surface area contributed by atoms with Crippen LogP contribution in [0, 0.1) is 11.8 Å². The predicted octanol–water partition coefficient (Wildman–Crippen LogP) is 3.13. The summed E-state index contributed by atoms with van der Waals surface area (Å²) in [5.41, 5.74) is 7.18. The van der Waals surface area contributed by atoms with E-state index in [9.17, 15) is 18.0 Å². The van der Waals surface area contributed by atoms with E-state index in [0.29, 0.717) is 6.54 Å². The molecule has 0 aliphatic heterocycles. The highest BCUT2D eigenvalue weighted by molar-refractivity contribution is 7.89. The van der Waals surface area contributed by atoms with Gasteiger partial charge >= 0.3 is 0 Å². The molecule has 0 atom stereocenters. The topological polar surface area (TPSA) is 118 Å². The molecule has 0 saturated heterocycles. The van der Waals surface area contributed by atoms with Crippen LogP contribution >= 0.6 is 11.3 Å². The van der Waals surface area contributed by atoms with Crippen molar-refractivity contribution in [3.63, 3.8) is 0 Å². The van der Waals surface area contributed by atoms with E-state index in [1.807, 2.05) is 24.3 Å². The largest absolute Gasteiger partial charge is 0.365 e. The number of nitrogens with one attached hydrogen (secondary N) is 2. The van der Waals surface area contributed by atoms with Crippen LogP contribution in [0.4, 0.5) is 5.69 Å². The fraction of sp³-hybridized carbons (Fsp3) is 0.429. The van der Waals surface area contributed by atoms with Crippen molar-refractivity contribution >= 4 is 38.9 Å². The number of carbonyl (C=O) groups excluding carboxylic acids is 2. The number of nitrogens with two attached hydrogens (primary N) is 1. The van der Waals surface area contributed by atoms with Crippen molar-refractivity contribution in [1.29, 1.82) is 0 Å². The van der Waals surface area contributed by atoms with Crippen molar-refractivity contribution in [2.24, 2.45) is 17.6 Å². The van der Waals surface area contributed by atoms with Crippen LogP contribution in [0.15, 0.2) is 40.6 Å². The molecule has 1 fully saturated rings. The number of aryl methyl sites for hydroxylation is 1. The molecule has 4 N–H and O–H groups in total. The lowest BCUT2D eigenvalue weighted by Crippen LogP contribution is -2.33. The van der Waals surface area contributed by atoms with E-state index in [1.165, 1.54) is 17.0 Å². The maximum Gasteiger partial charge on any atom is 0.258 e. The number of sulfonamides is 1. The Kier molecular flexibility index (Phi) is 7.27. The Bertz CT molecular complexity index is 1010. The Morgan fingerprint density at radius 1 is 1.17 bits per heavy atom. The van der Waals surface area contributed by atoms with Crippen LogP contribution in [0.5, 0.6) is 0 Å². The van der Waals surface area contributed by atoms with Crippen LogP contribution in [-0.2, 0) is 21.2 Å². The first kappa shape index (κ1) is 22.5. The van der Waals surface area contributed by atoms with Gasteiger partial charge in [0.25, 0.3) is 5.91 Å². The average Bonchev–Trinajstić information content (AvgIpc) is 3.24. The van der Waals surface area contributed by atoms with Crippen molar-refractivity contribution in [1.82, 2.24) is 4.72 Å². The van der Waals surface area contributed by atoms with Gasteiger partial charge < -0.3 is 11.1 Å². The van der Waals surface area contributed by atoms with E-state index in [2.05, 4.69) is 17.0 Å². The number of hydrogen-bond acceptors (Lipinski definition) is 5. The highest BCUT2D eigenvalue weighted by atomic mass is 32.2. The first-order valence-electron chi connectivity index (χ1n) is 10.1. The first-order chi connectivity index (χ1) is 14.3. The molecule has 2 amide bonds. The maximum absolute atomic E-state index is 12.6. The van der Waals surface area contributed by atoms with Crippen LogP contribution in [0.25, 0.3) is 0 Å². The molecule has 1 aromatic carbocycles. The zero-order valence-electron chi connectivity index (χ0n) is 16.9. The van der Waals surface area contributed by atoms with E-state index in [1.54, 1.807) is 0 Å². The van der Waals surface area contributed by atoms with Gasteiger partial charge in [0.15, 0.2) is 0 Å². The Balaban J connectivity index is 1.48. The molecule has 162 valence electrons. The van der Waals surface area contributed by atoms with Gasteiger partial charge in [0.2, 0.25) is 15.9 Å². The molecule has 9 heteroatoms. The van der Waals surface area contributed by atoms with Crippen LogP contribution in [0.3, 0.4) is 0 Å². The van der Waals surface area contributed by atoms with Crippen LogP contribution < -0.4 is 15.8 Å². The second kappa shape index (κ2) is 9.72. The summed E-state index contributed by atoms with van der Waals surface area (Å²) in [5.74, 6) is -0.487. The van der Waals surface area contributed by atoms with Gasteiger partial charge in [-0.25, -0.2) is 13.1 Å². The number of benzene rings is 1. The minimum absolute atomic E-state index is 0.0274. The number of thiophene rings is 1. The zero-order chi connectivity index (χ0) is 21.7. The first-order valence-corrected chi connectivity index (χ1v) is 12.4. The Hall–Kier alpha value is -2.23. The molecule has 1 aliphatic rings. The average molecular weight is 450 g/mol. The fourth-order valence-corrected chi connectivity index (χ4v) is 5.88. The second-order valence-corrected chi connectivity index (χ2v) is 10.3. The number of hydrogen-bond donors (Lipinski definition) is 3. The minimum Gasteiger partial charge on any atom is -0.365 e. The second-order valence-electron chi connectivity index (χ2n) is 7.62. The molecule has 3 rings (SSSR count). The summed E-state index contributed by atoms with van der Waals surface area (Å²) < 4.78 is 27.5. The molecule has 2 aromatic rings. The van der Waals surface area contributed by atoms with Gasteiger partial charge in [0, 0.05) is 23.5 Å². The molecule has 1 saturated carbocycles. The van der Waals surface area contributed by atoms with E-state index >= 15 is 0 Å². The Morgan fingerprint density at radius 3 is 2.53 bits per heavy atom. The molecule has 1 aliphatic carbocycles. The minimum atomic E-state index is -3.68. The summed E-state index contributed by atoms with van der Waals surface area (Å²) in [4.78, 5) is 24.0. The zero-order valence-corrected chi connectivity index (χ0v) is 18.5. The number of carbonyl (C=O) groups is 2. The summed E-state index contributed by atoms with van der Waals surface area (Å²) >= 11 is 1.01. The van der Waals surface area contributed by atoms with E-state index in [4.69, 9.17) is 5.73 Å². The normalized spacial score (nSPS) is 19.4. The lowest BCUT2D eigenvalue weighted by atomic mass is 9.81. The molecule has 7 nitrogen and oxygen atoms in total.